The molecule has 52 valence electrons. The zero-order chi connectivity index (χ0) is 6.55. The number of hydrogen-bond donors (Lipinski definition) is 0. The molecule has 0 spiro atoms. The summed E-state index contributed by atoms with van der Waals surface area (Å²) in [5.74, 6) is 3.82. The predicted molar refractivity (Wildman–Crippen MR) is 41.5 cm³/mol. The van der Waals surface area contributed by atoms with Crippen molar-refractivity contribution in [3.8, 4) is 0 Å². The van der Waals surface area contributed by atoms with Gasteiger partial charge in [-0.3, -0.25) is 0 Å². The van der Waals surface area contributed by atoms with Crippen LogP contribution >= 0.6 is 0 Å². The second-order valence-electron chi connectivity index (χ2n) is 3.85. The van der Waals surface area contributed by atoms with Crippen molar-refractivity contribution in [1.82, 2.24) is 0 Å². The Balaban J connectivity index is 2.04. The smallest absolute Gasteiger partial charge is 0.0133 e. The van der Waals surface area contributed by atoms with Crippen LogP contribution in [0.2, 0.25) is 0 Å². The molecule has 4 atom stereocenters. The lowest BCUT2D eigenvalue weighted by Gasteiger charge is -2.18. The Morgan fingerprint density at radius 2 is 1.90 bits per heavy atom. The van der Waals surface area contributed by atoms with Crippen molar-refractivity contribution in [2.24, 2.45) is 23.7 Å². The van der Waals surface area contributed by atoms with E-state index in [1.54, 1.807) is 0 Å². The zero-order valence-corrected chi connectivity index (χ0v) is 6.03. The summed E-state index contributed by atoms with van der Waals surface area (Å²) < 4.78 is 0. The van der Waals surface area contributed by atoms with E-state index in [0.29, 0.717) is 0 Å². The number of allylic oxidation sites excluding steroid dienone is 4. The van der Waals surface area contributed by atoms with Crippen LogP contribution < -0.4 is 0 Å². The van der Waals surface area contributed by atoms with E-state index in [9.17, 15) is 0 Å². The van der Waals surface area contributed by atoms with E-state index >= 15 is 0 Å². The molecule has 0 heterocycles. The van der Waals surface area contributed by atoms with Crippen LogP contribution in [0.15, 0.2) is 24.3 Å². The van der Waals surface area contributed by atoms with E-state index in [1.807, 2.05) is 0 Å². The molecule has 3 aliphatic carbocycles. The molecule has 0 unspecified atom stereocenters. The van der Waals surface area contributed by atoms with Crippen molar-refractivity contribution in [2.75, 3.05) is 0 Å². The van der Waals surface area contributed by atoms with Crippen molar-refractivity contribution >= 4 is 0 Å². The summed E-state index contributed by atoms with van der Waals surface area (Å²) in [7, 11) is 0. The second kappa shape index (κ2) is 1.55. The molecule has 10 heavy (non-hydrogen) atoms. The summed E-state index contributed by atoms with van der Waals surface area (Å²) in [4.78, 5) is 0. The molecule has 0 aromatic heterocycles. The lowest BCUT2D eigenvalue weighted by atomic mass is 9.86. The van der Waals surface area contributed by atoms with E-state index in [1.165, 1.54) is 12.8 Å². The maximum Gasteiger partial charge on any atom is -0.0133 e. The van der Waals surface area contributed by atoms with Gasteiger partial charge in [-0.1, -0.05) is 24.3 Å². The molecule has 0 amide bonds. The molecule has 0 nitrogen and oxygen atoms in total. The minimum atomic E-state index is 0.925. The zero-order valence-electron chi connectivity index (χ0n) is 6.03. The molecule has 0 saturated heterocycles. The van der Waals surface area contributed by atoms with Crippen LogP contribution in [0.1, 0.15) is 12.8 Å². The number of rotatable bonds is 0. The number of fused-ring (bicyclic) bond motifs is 5. The van der Waals surface area contributed by atoms with Crippen LogP contribution in [-0.4, -0.2) is 0 Å². The average molecular weight is 132 g/mol. The van der Waals surface area contributed by atoms with Gasteiger partial charge < -0.3 is 0 Å². The third-order valence-corrected chi connectivity index (χ3v) is 3.46. The summed E-state index contributed by atoms with van der Waals surface area (Å²) in [5.41, 5.74) is 0. The second-order valence-corrected chi connectivity index (χ2v) is 3.85. The van der Waals surface area contributed by atoms with E-state index in [2.05, 4.69) is 24.3 Å². The fraction of sp³-hybridized carbons (Fsp3) is 0.600. The van der Waals surface area contributed by atoms with Gasteiger partial charge in [0.1, 0.15) is 0 Å². The molecule has 0 aromatic rings. The largest absolute Gasteiger partial charge is 0.0879 e. The minimum absolute atomic E-state index is 0.925. The van der Waals surface area contributed by atoms with Gasteiger partial charge in [0.05, 0.1) is 0 Å². The lowest BCUT2D eigenvalue weighted by Crippen LogP contribution is -2.12. The van der Waals surface area contributed by atoms with E-state index in [4.69, 9.17) is 0 Å². The highest BCUT2D eigenvalue weighted by Crippen LogP contribution is 2.52. The molecular formula is C10H12. The summed E-state index contributed by atoms with van der Waals surface area (Å²) in [6, 6.07) is 0. The van der Waals surface area contributed by atoms with Crippen LogP contribution in [0.5, 0.6) is 0 Å². The van der Waals surface area contributed by atoms with Gasteiger partial charge in [0.2, 0.25) is 0 Å². The SMILES string of the molecule is C1=C[C@H]2[C@@H](C1)[C@H]1C=C[C@H]2C1. The molecule has 3 aliphatic rings. The highest BCUT2D eigenvalue weighted by Gasteiger charge is 2.44. The molecule has 0 heteroatoms. The molecular weight excluding hydrogens is 120 g/mol. The fourth-order valence-corrected chi connectivity index (χ4v) is 2.97. The van der Waals surface area contributed by atoms with Crippen LogP contribution in [0.4, 0.5) is 0 Å². The Bertz CT molecular complexity index is 212. The topological polar surface area (TPSA) is 0 Å². The lowest BCUT2D eigenvalue weighted by molar-refractivity contribution is 0.398. The van der Waals surface area contributed by atoms with Gasteiger partial charge in [-0.15, -0.1) is 0 Å². The molecule has 1 saturated carbocycles. The Morgan fingerprint density at radius 1 is 1.00 bits per heavy atom. The third-order valence-electron chi connectivity index (χ3n) is 3.46. The molecule has 3 rings (SSSR count). The van der Waals surface area contributed by atoms with E-state index < -0.39 is 0 Å². The van der Waals surface area contributed by atoms with Crippen molar-refractivity contribution < 1.29 is 0 Å². The third kappa shape index (κ3) is 0.448. The first-order valence-electron chi connectivity index (χ1n) is 4.30. The highest BCUT2D eigenvalue weighted by molar-refractivity contribution is 5.21. The highest BCUT2D eigenvalue weighted by atomic mass is 14.5. The van der Waals surface area contributed by atoms with E-state index in [-0.39, 0.29) is 0 Å². The van der Waals surface area contributed by atoms with Crippen LogP contribution in [-0.2, 0) is 0 Å². The molecule has 1 fully saturated rings. The fourth-order valence-electron chi connectivity index (χ4n) is 2.97. The van der Waals surface area contributed by atoms with Gasteiger partial charge in [0.25, 0.3) is 0 Å². The molecule has 0 N–H and O–H groups in total. The molecule has 0 radical (unpaired) electrons. The normalized spacial score (nSPS) is 54.4. The average Bonchev–Trinajstić information content (AvgIpc) is 2.60. The maximum absolute atomic E-state index is 2.44. The molecule has 0 aromatic carbocycles. The van der Waals surface area contributed by atoms with Gasteiger partial charge in [0.15, 0.2) is 0 Å². The van der Waals surface area contributed by atoms with Gasteiger partial charge in [0, 0.05) is 0 Å². The van der Waals surface area contributed by atoms with Gasteiger partial charge >= 0.3 is 0 Å². The standard InChI is InChI=1S/C10H12/c1-2-9-7-4-5-8(6-7)10(9)3-1/h1-2,4-5,7-10H,3,6H2/t7-,8-,9+,10-/m0/s1. The van der Waals surface area contributed by atoms with Crippen molar-refractivity contribution in [2.45, 2.75) is 12.8 Å². The van der Waals surface area contributed by atoms with Crippen molar-refractivity contribution in [3.05, 3.63) is 24.3 Å². The Hall–Kier alpha value is -0.520. The quantitative estimate of drug-likeness (QED) is 0.444. The molecule has 2 bridgehead atoms. The van der Waals surface area contributed by atoms with Crippen LogP contribution in [0, 0.1) is 23.7 Å². The number of hydrogen-bond acceptors (Lipinski definition) is 0. The first kappa shape index (κ1) is 5.17. The van der Waals surface area contributed by atoms with Gasteiger partial charge in [-0.2, -0.15) is 0 Å². The van der Waals surface area contributed by atoms with Gasteiger partial charge in [-0.05, 0) is 36.5 Å². The predicted octanol–water partition coefficient (Wildman–Crippen LogP) is 2.38. The first-order valence-corrected chi connectivity index (χ1v) is 4.30. The van der Waals surface area contributed by atoms with Crippen molar-refractivity contribution in [1.29, 1.82) is 0 Å². The van der Waals surface area contributed by atoms with Crippen molar-refractivity contribution in [3.63, 3.8) is 0 Å². The summed E-state index contributed by atoms with van der Waals surface area (Å²) in [5, 5.41) is 0. The summed E-state index contributed by atoms with van der Waals surface area (Å²) >= 11 is 0. The Labute approximate surface area is 61.6 Å². The maximum atomic E-state index is 2.44. The Morgan fingerprint density at radius 3 is 2.80 bits per heavy atom. The first-order chi connectivity index (χ1) is 4.95. The monoisotopic (exact) mass is 132 g/mol. The van der Waals surface area contributed by atoms with Crippen LogP contribution in [0.25, 0.3) is 0 Å². The molecule has 0 aliphatic heterocycles. The minimum Gasteiger partial charge on any atom is -0.0879 e. The summed E-state index contributed by atoms with van der Waals surface area (Å²) in [6.45, 7) is 0. The van der Waals surface area contributed by atoms with Gasteiger partial charge in [-0.25, -0.2) is 0 Å². The summed E-state index contributed by atoms with van der Waals surface area (Å²) in [6.07, 6.45) is 12.5. The Kier molecular flexibility index (Phi) is 0.803. The van der Waals surface area contributed by atoms with E-state index in [0.717, 1.165) is 23.7 Å². The van der Waals surface area contributed by atoms with Crippen LogP contribution in [0.3, 0.4) is 0 Å².